The second-order valence-corrected chi connectivity index (χ2v) is 7.39. The highest BCUT2D eigenvalue weighted by Crippen LogP contribution is 2.39. The number of hydrogen-bond donors (Lipinski definition) is 1. The van der Waals surface area contributed by atoms with Gasteiger partial charge >= 0.3 is 0 Å². The van der Waals surface area contributed by atoms with Crippen LogP contribution >= 0.6 is 11.3 Å². The molecule has 1 N–H and O–H groups in total. The SMILES string of the molecule is CC(C)(O)C#Cc1ncn2c1[C@H]1C(=O)CCN1Cc1ccsc1-2. The molecule has 5 nitrogen and oxygen atoms in total. The van der Waals surface area contributed by atoms with Gasteiger partial charge in [-0.15, -0.1) is 11.3 Å². The van der Waals surface area contributed by atoms with Crippen LogP contribution in [0.3, 0.4) is 0 Å². The van der Waals surface area contributed by atoms with Crippen LogP contribution in [0.5, 0.6) is 0 Å². The molecule has 2 aromatic heterocycles. The van der Waals surface area contributed by atoms with E-state index < -0.39 is 5.60 Å². The Morgan fingerprint density at radius 1 is 1.48 bits per heavy atom. The maximum Gasteiger partial charge on any atom is 0.157 e. The van der Waals surface area contributed by atoms with Gasteiger partial charge in [0.05, 0.1) is 5.69 Å². The van der Waals surface area contributed by atoms with E-state index in [1.165, 1.54) is 5.56 Å². The standard InChI is InChI=1S/C17H17N3O2S/c1-17(2,22)6-3-12-14-15-13(21)4-7-19(15)9-11-5-8-23-16(11)20(14)10-18-12/h5,8,10,15,22H,4,7,9H2,1-2H3/t15-/m1/s1. The molecule has 2 aromatic rings. The third-order valence-corrected chi connectivity index (χ3v) is 5.14. The number of rotatable bonds is 0. The molecular weight excluding hydrogens is 310 g/mol. The summed E-state index contributed by atoms with van der Waals surface area (Å²) < 4.78 is 2.00. The van der Waals surface area contributed by atoms with E-state index in [-0.39, 0.29) is 11.8 Å². The number of aromatic nitrogens is 2. The van der Waals surface area contributed by atoms with E-state index >= 15 is 0 Å². The van der Waals surface area contributed by atoms with Gasteiger partial charge in [-0.2, -0.15) is 0 Å². The number of carbonyl (C=O) groups is 1. The molecule has 1 atom stereocenters. The van der Waals surface area contributed by atoms with E-state index in [1.54, 1.807) is 31.5 Å². The summed E-state index contributed by atoms with van der Waals surface area (Å²) in [5.74, 6) is 6.00. The zero-order chi connectivity index (χ0) is 16.2. The van der Waals surface area contributed by atoms with Crippen molar-refractivity contribution in [3.63, 3.8) is 0 Å². The first kappa shape index (κ1) is 14.6. The minimum Gasteiger partial charge on any atom is -0.378 e. The number of thiophene rings is 1. The molecule has 4 rings (SSSR count). The van der Waals surface area contributed by atoms with Gasteiger partial charge in [-0.25, -0.2) is 4.98 Å². The average Bonchev–Trinajstić information content (AvgIpc) is 3.14. The summed E-state index contributed by atoms with van der Waals surface area (Å²) >= 11 is 1.65. The van der Waals surface area contributed by atoms with Crippen LogP contribution in [0.15, 0.2) is 17.8 Å². The van der Waals surface area contributed by atoms with Crippen LogP contribution in [-0.2, 0) is 11.3 Å². The van der Waals surface area contributed by atoms with Gasteiger partial charge in [-0.05, 0) is 31.2 Å². The van der Waals surface area contributed by atoms with E-state index in [2.05, 4.69) is 33.2 Å². The fraction of sp³-hybridized carbons (Fsp3) is 0.412. The zero-order valence-corrected chi connectivity index (χ0v) is 13.9. The van der Waals surface area contributed by atoms with Crippen molar-refractivity contribution in [1.82, 2.24) is 14.5 Å². The van der Waals surface area contributed by atoms with Crippen LogP contribution in [0.25, 0.3) is 5.00 Å². The molecule has 118 valence electrons. The number of carbonyl (C=O) groups excluding carboxylic acids is 1. The van der Waals surface area contributed by atoms with Crippen LogP contribution in [-0.4, -0.2) is 37.5 Å². The third-order valence-electron chi connectivity index (χ3n) is 4.18. The largest absolute Gasteiger partial charge is 0.378 e. The van der Waals surface area contributed by atoms with Crippen molar-refractivity contribution < 1.29 is 9.90 Å². The molecule has 2 aliphatic heterocycles. The average molecular weight is 327 g/mol. The predicted octanol–water partition coefficient (Wildman–Crippen LogP) is 1.89. The first-order chi connectivity index (χ1) is 10.9. The Hall–Kier alpha value is -1.94. The molecule has 2 aliphatic rings. The van der Waals surface area contributed by atoms with Gasteiger partial charge in [0.1, 0.15) is 28.7 Å². The van der Waals surface area contributed by atoms with E-state index in [1.807, 2.05) is 4.57 Å². The maximum absolute atomic E-state index is 12.5. The van der Waals surface area contributed by atoms with E-state index in [0.29, 0.717) is 12.1 Å². The van der Waals surface area contributed by atoms with Crippen LogP contribution in [0.2, 0.25) is 0 Å². The first-order valence-electron chi connectivity index (χ1n) is 7.60. The predicted molar refractivity (Wildman–Crippen MR) is 87.4 cm³/mol. The summed E-state index contributed by atoms with van der Waals surface area (Å²) in [6.45, 7) is 4.82. The molecule has 0 aliphatic carbocycles. The summed E-state index contributed by atoms with van der Waals surface area (Å²) in [5.41, 5.74) is 1.55. The second kappa shape index (κ2) is 5.03. The molecule has 0 saturated carbocycles. The summed E-state index contributed by atoms with van der Waals surface area (Å²) in [6, 6.07) is 1.82. The monoisotopic (exact) mass is 327 g/mol. The summed E-state index contributed by atoms with van der Waals surface area (Å²) in [6.07, 6.45) is 2.31. The number of nitrogens with zero attached hydrogens (tertiary/aromatic N) is 3. The molecule has 0 radical (unpaired) electrons. The number of Topliss-reactive ketones (excluding diaryl/α,β-unsaturated/α-hetero) is 1. The van der Waals surface area contributed by atoms with E-state index in [9.17, 15) is 9.90 Å². The van der Waals surface area contributed by atoms with Crippen molar-refractivity contribution in [1.29, 1.82) is 0 Å². The quantitative estimate of drug-likeness (QED) is 0.751. The summed E-state index contributed by atoms with van der Waals surface area (Å²) in [4.78, 5) is 19.1. The van der Waals surface area contributed by atoms with Crippen LogP contribution in [0.1, 0.15) is 43.3 Å². The van der Waals surface area contributed by atoms with Gasteiger partial charge in [0.15, 0.2) is 5.78 Å². The molecular formula is C17H17N3O2S. The van der Waals surface area contributed by atoms with Gasteiger partial charge in [-0.1, -0.05) is 5.92 Å². The van der Waals surface area contributed by atoms with Crippen molar-refractivity contribution in [3.8, 4) is 16.8 Å². The van der Waals surface area contributed by atoms with E-state index in [4.69, 9.17) is 0 Å². The highest BCUT2D eigenvalue weighted by Gasteiger charge is 2.40. The van der Waals surface area contributed by atoms with Gasteiger partial charge < -0.3 is 5.11 Å². The Bertz CT molecular complexity index is 847. The highest BCUT2D eigenvalue weighted by molar-refractivity contribution is 7.12. The Morgan fingerprint density at radius 3 is 3.09 bits per heavy atom. The fourth-order valence-corrected chi connectivity index (χ4v) is 4.09. The Labute approximate surface area is 138 Å². The fourth-order valence-electron chi connectivity index (χ4n) is 3.19. The number of imidazole rings is 1. The normalized spacial score (nSPS) is 20.3. The molecule has 23 heavy (non-hydrogen) atoms. The minimum atomic E-state index is -1.09. The lowest BCUT2D eigenvalue weighted by Gasteiger charge is -2.20. The smallest absolute Gasteiger partial charge is 0.157 e. The van der Waals surface area contributed by atoms with Crippen molar-refractivity contribution in [2.45, 2.75) is 38.5 Å². The van der Waals surface area contributed by atoms with Crippen molar-refractivity contribution >= 4 is 17.1 Å². The summed E-state index contributed by atoms with van der Waals surface area (Å²) in [5, 5.41) is 13.0. The van der Waals surface area contributed by atoms with E-state index in [0.717, 1.165) is 23.8 Å². The molecule has 0 spiro atoms. The molecule has 0 unspecified atom stereocenters. The topological polar surface area (TPSA) is 58.4 Å². The van der Waals surface area contributed by atoms with Gasteiger partial charge in [0, 0.05) is 25.1 Å². The lowest BCUT2D eigenvalue weighted by atomic mass is 10.1. The molecule has 0 amide bonds. The minimum absolute atomic E-state index is 0.216. The van der Waals surface area contributed by atoms with Gasteiger partial charge in [0.2, 0.25) is 0 Å². The van der Waals surface area contributed by atoms with Gasteiger partial charge in [-0.3, -0.25) is 14.3 Å². The molecule has 6 heteroatoms. The zero-order valence-electron chi connectivity index (χ0n) is 13.0. The molecule has 1 fully saturated rings. The van der Waals surface area contributed by atoms with Crippen molar-refractivity contribution in [2.24, 2.45) is 0 Å². The van der Waals surface area contributed by atoms with Crippen LogP contribution < -0.4 is 0 Å². The Morgan fingerprint density at radius 2 is 2.30 bits per heavy atom. The van der Waals surface area contributed by atoms with Gasteiger partial charge in [0.25, 0.3) is 0 Å². The second-order valence-electron chi connectivity index (χ2n) is 6.50. The lowest BCUT2D eigenvalue weighted by molar-refractivity contribution is -0.120. The maximum atomic E-state index is 12.5. The molecule has 0 bridgehead atoms. The van der Waals surface area contributed by atoms with Crippen LogP contribution in [0.4, 0.5) is 0 Å². The Balaban J connectivity index is 1.92. The van der Waals surface area contributed by atoms with Crippen molar-refractivity contribution in [3.05, 3.63) is 34.7 Å². The first-order valence-corrected chi connectivity index (χ1v) is 8.48. The molecule has 1 saturated heterocycles. The number of aliphatic hydroxyl groups is 1. The molecule has 0 aromatic carbocycles. The number of fused-ring (bicyclic) bond motifs is 5. The lowest BCUT2D eigenvalue weighted by Crippen LogP contribution is -2.25. The number of hydrogen-bond acceptors (Lipinski definition) is 5. The third kappa shape index (κ3) is 2.41. The summed E-state index contributed by atoms with van der Waals surface area (Å²) in [7, 11) is 0. The van der Waals surface area contributed by atoms with Crippen molar-refractivity contribution in [2.75, 3.05) is 6.54 Å². The van der Waals surface area contributed by atoms with Crippen LogP contribution in [0, 0.1) is 11.8 Å². The number of ketones is 1. The highest BCUT2D eigenvalue weighted by atomic mass is 32.1. The Kier molecular flexibility index (Phi) is 3.20. The molecule has 4 heterocycles.